The Morgan fingerprint density at radius 1 is 1.11 bits per heavy atom. The summed E-state index contributed by atoms with van der Waals surface area (Å²) in [7, 11) is 0. The van der Waals surface area contributed by atoms with E-state index in [1.165, 1.54) is 25.1 Å². The first-order valence-corrected chi connectivity index (χ1v) is 10.8. The van der Waals surface area contributed by atoms with Crippen molar-refractivity contribution < 1.29 is 32.6 Å². The van der Waals surface area contributed by atoms with Crippen LogP contribution in [0.15, 0.2) is 48.5 Å². The molecule has 0 radical (unpaired) electrons. The Bertz CT molecular complexity index is 1310. The molecule has 0 saturated carbocycles. The highest BCUT2D eigenvalue weighted by Crippen LogP contribution is 2.41. The van der Waals surface area contributed by atoms with Crippen LogP contribution >= 0.6 is 0 Å². The number of hydrogen-bond acceptors (Lipinski definition) is 7. The first-order chi connectivity index (χ1) is 16.9. The number of anilines is 1. The monoisotopic (exact) mass is 501 g/mol. The van der Waals surface area contributed by atoms with Gasteiger partial charge in [-0.2, -0.15) is 13.2 Å². The number of fused-ring (bicyclic) bond motifs is 1. The molecule has 36 heavy (non-hydrogen) atoms. The summed E-state index contributed by atoms with van der Waals surface area (Å²) in [6.07, 6.45) is -5.46. The third kappa shape index (κ3) is 5.08. The van der Waals surface area contributed by atoms with Gasteiger partial charge in [0.15, 0.2) is 5.82 Å². The number of nitrogens with one attached hydrogen (secondary N) is 1. The van der Waals surface area contributed by atoms with Crippen molar-refractivity contribution in [2.45, 2.75) is 31.2 Å². The smallest absolute Gasteiger partial charge is 0.416 e. The number of aromatic nitrogens is 2. The minimum atomic E-state index is -4.47. The van der Waals surface area contributed by atoms with E-state index in [1.54, 1.807) is 18.2 Å². The summed E-state index contributed by atoms with van der Waals surface area (Å²) in [6, 6.07) is 9.97. The van der Waals surface area contributed by atoms with E-state index < -0.39 is 41.6 Å². The summed E-state index contributed by atoms with van der Waals surface area (Å²) in [4.78, 5) is 31.7. The summed E-state index contributed by atoms with van der Waals surface area (Å²) < 4.78 is 44.6. The number of alkyl halides is 3. The first-order valence-electron chi connectivity index (χ1n) is 10.8. The highest BCUT2D eigenvalue weighted by molar-refractivity contribution is 5.92. The topological polar surface area (TPSA) is 153 Å². The van der Waals surface area contributed by atoms with Gasteiger partial charge in [-0.15, -0.1) is 0 Å². The fraction of sp³-hybridized carbons (Fsp3) is 0.250. The largest absolute Gasteiger partial charge is 0.491 e. The number of nitrogens with two attached hydrogens (primary N) is 2. The maximum Gasteiger partial charge on any atom is 0.416 e. The van der Waals surface area contributed by atoms with Crippen molar-refractivity contribution in [2.24, 2.45) is 11.5 Å². The Labute approximate surface area is 203 Å². The van der Waals surface area contributed by atoms with Crippen LogP contribution in [0.4, 0.5) is 19.0 Å². The Morgan fingerprint density at radius 2 is 1.81 bits per heavy atom. The molecular formula is C24H22F3N5O4. The molecule has 1 aromatic heterocycles. The quantitative estimate of drug-likeness (QED) is 0.405. The molecule has 0 unspecified atom stereocenters. The number of nitrogens with zero attached hydrogens (tertiary/aromatic N) is 2. The van der Waals surface area contributed by atoms with Crippen LogP contribution in [-0.2, 0) is 11.0 Å². The zero-order valence-corrected chi connectivity index (χ0v) is 18.9. The SMILES string of the molecule is C[C@H](Nc1cc(C(N)=O)nc(-c2ccc3c(c2)OC[C@H](O)[C@H]3c2ccc(C(F)(F)F)cc2)n1)C(N)=O. The second-order valence-corrected chi connectivity index (χ2v) is 8.32. The number of halogens is 3. The Morgan fingerprint density at radius 3 is 2.42 bits per heavy atom. The van der Waals surface area contributed by atoms with Crippen LogP contribution < -0.4 is 21.5 Å². The number of benzene rings is 2. The van der Waals surface area contributed by atoms with Gasteiger partial charge in [-0.1, -0.05) is 24.3 Å². The van der Waals surface area contributed by atoms with Crippen molar-refractivity contribution in [1.82, 2.24) is 9.97 Å². The van der Waals surface area contributed by atoms with Crippen LogP contribution in [0.1, 0.15) is 40.0 Å². The van der Waals surface area contributed by atoms with Gasteiger partial charge in [0, 0.05) is 23.1 Å². The fourth-order valence-corrected chi connectivity index (χ4v) is 3.88. The van der Waals surface area contributed by atoms with Gasteiger partial charge in [0.05, 0.1) is 11.7 Å². The summed E-state index contributed by atoms with van der Waals surface area (Å²) in [5.41, 5.74) is 11.3. The summed E-state index contributed by atoms with van der Waals surface area (Å²) in [5.74, 6) is -1.45. The summed E-state index contributed by atoms with van der Waals surface area (Å²) >= 11 is 0. The van der Waals surface area contributed by atoms with Gasteiger partial charge in [-0.25, -0.2) is 9.97 Å². The molecule has 9 nitrogen and oxygen atoms in total. The highest BCUT2D eigenvalue weighted by Gasteiger charge is 2.34. The standard InChI is InChI=1S/C24H22F3N5O4/c1-11(21(28)34)30-19-9-16(22(29)35)31-23(32-19)13-4-7-15-18(8-13)36-10-17(33)20(15)12-2-5-14(6-3-12)24(25,26)27/h2-9,11,17,20,33H,10H2,1H3,(H2,28,34)(H2,29,35)(H,30,31,32)/t11-,17-,20-/m0/s1. The molecule has 0 spiro atoms. The van der Waals surface area contributed by atoms with Crippen molar-refractivity contribution >= 4 is 17.6 Å². The molecule has 3 aromatic rings. The average molecular weight is 501 g/mol. The first kappa shape index (κ1) is 24.9. The molecule has 188 valence electrons. The van der Waals surface area contributed by atoms with Crippen molar-refractivity contribution in [2.75, 3.05) is 11.9 Å². The van der Waals surface area contributed by atoms with Crippen LogP contribution in [0.3, 0.4) is 0 Å². The van der Waals surface area contributed by atoms with E-state index >= 15 is 0 Å². The Kier molecular flexibility index (Phi) is 6.55. The van der Waals surface area contributed by atoms with Gasteiger partial charge in [-0.05, 0) is 30.7 Å². The lowest BCUT2D eigenvalue weighted by atomic mass is 9.84. The average Bonchev–Trinajstić information content (AvgIpc) is 2.83. The zero-order valence-electron chi connectivity index (χ0n) is 18.9. The maximum atomic E-state index is 13.0. The van der Waals surface area contributed by atoms with Crippen LogP contribution in [0.5, 0.6) is 5.75 Å². The molecule has 2 amide bonds. The number of aliphatic hydroxyl groups is 1. The van der Waals surface area contributed by atoms with Gasteiger partial charge in [-0.3, -0.25) is 9.59 Å². The van der Waals surface area contributed by atoms with E-state index in [-0.39, 0.29) is 23.9 Å². The van der Waals surface area contributed by atoms with Gasteiger partial charge in [0.25, 0.3) is 5.91 Å². The van der Waals surface area contributed by atoms with Crippen molar-refractivity contribution in [3.63, 3.8) is 0 Å². The number of hydrogen-bond donors (Lipinski definition) is 4. The minimum absolute atomic E-state index is 0.0900. The van der Waals surface area contributed by atoms with Gasteiger partial charge in [0.1, 0.15) is 29.9 Å². The van der Waals surface area contributed by atoms with Crippen LogP contribution in [0.2, 0.25) is 0 Å². The van der Waals surface area contributed by atoms with Crippen molar-refractivity contribution in [3.8, 4) is 17.1 Å². The number of rotatable bonds is 6. The molecular weight excluding hydrogens is 479 g/mol. The molecule has 3 atom stereocenters. The van der Waals surface area contributed by atoms with E-state index in [1.807, 2.05) is 0 Å². The molecule has 12 heteroatoms. The number of ether oxygens (including phenoxy) is 1. The lowest BCUT2D eigenvalue weighted by Crippen LogP contribution is -2.33. The van der Waals surface area contributed by atoms with Gasteiger partial charge >= 0.3 is 6.18 Å². The van der Waals surface area contributed by atoms with E-state index in [9.17, 15) is 27.9 Å². The van der Waals surface area contributed by atoms with Crippen LogP contribution in [-0.4, -0.2) is 45.6 Å². The zero-order chi connectivity index (χ0) is 26.2. The fourth-order valence-electron chi connectivity index (χ4n) is 3.88. The van der Waals surface area contributed by atoms with Gasteiger partial charge < -0.3 is 26.6 Å². The molecule has 0 bridgehead atoms. The summed E-state index contributed by atoms with van der Waals surface area (Å²) in [5, 5.41) is 13.4. The number of carbonyl (C=O) groups is 2. The lowest BCUT2D eigenvalue weighted by Gasteiger charge is -2.31. The van der Waals surface area contributed by atoms with Crippen molar-refractivity contribution in [3.05, 3.63) is 70.9 Å². The normalized spacial score (nSPS) is 18.0. The molecule has 2 aromatic carbocycles. The molecule has 4 rings (SSSR count). The predicted octanol–water partition coefficient (Wildman–Crippen LogP) is 2.43. The predicted molar refractivity (Wildman–Crippen MR) is 123 cm³/mol. The molecule has 6 N–H and O–H groups in total. The third-order valence-electron chi connectivity index (χ3n) is 5.77. The second-order valence-electron chi connectivity index (χ2n) is 8.32. The molecule has 0 aliphatic carbocycles. The molecule has 0 saturated heterocycles. The molecule has 0 fully saturated rings. The highest BCUT2D eigenvalue weighted by atomic mass is 19.4. The van der Waals surface area contributed by atoms with E-state index in [0.717, 1.165) is 12.1 Å². The Balaban J connectivity index is 1.71. The van der Waals surface area contributed by atoms with E-state index in [0.29, 0.717) is 22.4 Å². The molecule has 1 aliphatic heterocycles. The number of carbonyl (C=O) groups excluding carboxylic acids is 2. The maximum absolute atomic E-state index is 13.0. The third-order valence-corrected chi connectivity index (χ3v) is 5.77. The van der Waals surface area contributed by atoms with Crippen molar-refractivity contribution in [1.29, 1.82) is 0 Å². The minimum Gasteiger partial charge on any atom is -0.491 e. The number of primary amides is 2. The second kappa shape index (κ2) is 9.46. The number of amides is 2. The summed E-state index contributed by atoms with van der Waals surface area (Å²) in [6.45, 7) is 1.43. The van der Waals surface area contributed by atoms with E-state index in [4.69, 9.17) is 16.2 Å². The van der Waals surface area contributed by atoms with Gasteiger partial charge in [0.2, 0.25) is 5.91 Å². The van der Waals surface area contributed by atoms with Crippen LogP contribution in [0, 0.1) is 0 Å². The van der Waals surface area contributed by atoms with Crippen LogP contribution in [0.25, 0.3) is 11.4 Å². The van der Waals surface area contributed by atoms with E-state index in [2.05, 4.69) is 15.3 Å². The molecule has 1 aliphatic rings. The number of aliphatic hydroxyl groups excluding tert-OH is 1. The lowest BCUT2D eigenvalue weighted by molar-refractivity contribution is -0.137. The Hall–Kier alpha value is -4.19. The molecule has 2 heterocycles.